The monoisotopic (exact) mass is 400 g/mol. The second kappa shape index (κ2) is 6.49. The molecule has 0 spiro atoms. The Morgan fingerprint density at radius 3 is 2.19 bits per heavy atom. The van der Waals surface area contributed by atoms with Crippen LogP contribution in [0.5, 0.6) is 0 Å². The van der Waals surface area contributed by atoms with Crippen molar-refractivity contribution in [3.8, 4) is 0 Å². The molecule has 3 rings (SSSR count). The maximum absolute atomic E-state index is 14.5. The Hall–Kier alpha value is -2.68. The average Bonchev–Trinajstić information content (AvgIpc) is 2.94. The summed E-state index contributed by atoms with van der Waals surface area (Å²) in [5.41, 5.74) is -0.717. The standard InChI is InChI=1S/C18H12F4O4S/c1-27(24,25)12-6-7-13(15(19)8-12)14-9-26-17(23)16(14)10-2-4-11(5-3-10)18(20,21)22/h2-8H,9H2,1H3. The van der Waals surface area contributed by atoms with Gasteiger partial charge >= 0.3 is 12.1 Å². The summed E-state index contributed by atoms with van der Waals surface area (Å²) < 4.78 is 80.5. The third-order valence-corrected chi connectivity index (χ3v) is 5.16. The van der Waals surface area contributed by atoms with Crippen LogP contribution in [-0.4, -0.2) is 27.2 Å². The molecule has 0 radical (unpaired) electrons. The van der Waals surface area contributed by atoms with E-state index in [1.807, 2.05) is 0 Å². The van der Waals surface area contributed by atoms with Gasteiger partial charge in [-0.1, -0.05) is 18.2 Å². The average molecular weight is 400 g/mol. The summed E-state index contributed by atoms with van der Waals surface area (Å²) in [4.78, 5) is 11.8. The number of carbonyl (C=O) groups is 1. The minimum atomic E-state index is -4.53. The van der Waals surface area contributed by atoms with E-state index < -0.39 is 33.4 Å². The first-order chi connectivity index (χ1) is 12.5. The van der Waals surface area contributed by atoms with E-state index in [0.717, 1.165) is 36.6 Å². The van der Waals surface area contributed by atoms with Gasteiger partial charge in [0.15, 0.2) is 9.84 Å². The summed E-state index contributed by atoms with van der Waals surface area (Å²) in [6.07, 6.45) is -3.60. The molecule has 0 amide bonds. The zero-order chi connectivity index (χ0) is 20.0. The Bertz CT molecular complexity index is 1050. The van der Waals surface area contributed by atoms with E-state index in [1.54, 1.807) is 0 Å². The van der Waals surface area contributed by atoms with Crippen LogP contribution in [0.2, 0.25) is 0 Å². The molecule has 1 aliphatic heterocycles. The molecule has 0 N–H and O–H groups in total. The normalized spacial score (nSPS) is 15.2. The predicted octanol–water partition coefficient (Wildman–Crippen LogP) is 3.72. The van der Waals surface area contributed by atoms with Gasteiger partial charge in [0.2, 0.25) is 0 Å². The van der Waals surface area contributed by atoms with Gasteiger partial charge in [0.05, 0.1) is 16.0 Å². The van der Waals surface area contributed by atoms with Crippen molar-refractivity contribution in [3.63, 3.8) is 0 Å². The van der Waals surface area contributed by atoms with Crippen LogP contribution in [0.15, 0.2) is 47.4 Å². The van der Waals surface area contributed by atoms with E-state index in [-0.39, 0.29) is 33.8 Å². The number of sulfone groups is 1. The molecule has 1 aliphatic rings. The van der Waals surface area contributed by atoms with Crippen LogP contribution in [0.3, 0.4) is 0 Å². The molecule has 27 heavy (non-hydrogen) atoms. The molecule has 0 atom stereocenters. The molecule has 9 heteroatoms. The number of rotatable bonds is 3. The van der Waals surface area contributed by atoms with E-state index in [1.165, 1.54) is 12.1 Å². The molecule has 0 saturated heterocycles. The molecule has 0 unspecified atom stereocenters. The minimum absolute atomic E-state index is 0.0526. The van der Waals surface area contributed by atoms with Crippen LogP contribution in [0.4, 0.5) is 17.6 Å². The smallest absolute Gasteiger partial charge is 0.416 e. The van der Waals surface area contributed by atoms with E-state index in [0.29, 0.717) is 0 Å². The van der Waals surface area contributed by atoms with Gasteiger partial charge in [-0.15, -0.1) is 0 Å². The van der Waals surface area contributed by atoms with Gasteiger partial charge in [0, 0.05) is 17.4 Å². The Morgan fingerprint density at radius 1 is 1.04 bits per heavy atom. The summed E-state index contributed by atoms with van der Waals surface area (Å²) in [7, 11) is -3.62. The molecule has 0 fully saturated rings. The largest absolute Gasteiger partial charge is 0.457 e. The highest BCUT2D eigenvalue weighted by atomic mass is 32.2. The first-order valence-electron chi connectivity index (χ1n) is 7.56. The van der Waals surface area contributed by atoms with E-state index in [9.17, 15) is 30.8 Å². The number of cyclic esters (lactones) is 1. The Morgan fingerprint density at radius 2 is 1.67 bits per heavy atom. The number of esters is 1. The number of carbonyl (C=O) groups excluding carboxylic acids is 1. The predicted molar refractivity (Wildman–Crippen MR) is 88.7 cm³/mol. The highest BCUT2D eigenvalue weighted by molar-refractivity contribution is 7.90. The Labute approximate surface area is 152 Å². The highest BCUT2D eigenvalue weighted by Gasteiger charge is 2.32. The molecule has 2 aromatic rings. The van der Waals surface area contributed by atoms with Crippen LogP contribution in [0.1, 0.15) is 16.7 Å². The molecule has 0 bridgehead atoms. The molecule has 4 nitrogen and oxygen atoms in total. The highest BCUT2D eigenvalue weighted by Crippen LogP contribution is 2.36. The summed E-state index contributed by atoms with van der Waals surface area (Å²) in [5, 5.41) is 0. The summed E-state index contributed by atoms with van der Waals surface area (Å²) >= 11 is 0. The second-order valence-electron chi connectivity index (χ2n) is 5.92. The van der Waals surface area contributed by atoms with Gasteiger partial charge < -0.3 is 4.74 Å². The van der Waals surface area contributed by atoms with Crippen molar-refractivity contribution >= 4 is 27.0 Å². The lowest BCUT2D eigenvalue weighted by Gasteiger charge is -2.09. The lowest BCUT2D eigenvalue weighted by molar-refractivity contribution is -0.137. The minimum Gasteiger partial charge on any atom is -0.457 e. The zero-order valence-corrected chi connectivity index (χ0v) is 14.6. The van der Waals surface area contributed by atoms with E-state index in [2.05, 4.69) is 0 Å². The summed E-state index contributed by atoms with van der Waals surface area (Å²) in [6.45, 7) is -0.273. The fraction of sp³-hybridized carbons (Fsp3) is 0.167. The lowest BCUT2D eigenvalue weighted by atomic mass is 9.95. The fourth-order valence-corrected chi connectivity index (χ4v) is 3.34. The first-order valence-corrected chi connectivity index (χ1v) is 9.45. The number of alkyl halides is 3. The number of hydrogen-bond acceptors (Lipinski definition) is 4. The Balaban J connectivity index is 2.11. The molecular weight excluding hydrogens is 388 g/mol. The van der Waals surface area contributed by atoms with Crippen LogP contribution in [0.25, 0.3) is 11.1 Å². The van der Waals surface area contributed by atoms with E-state index >= 15 is 0 Å². The maximum atomic E-state index is 14.5. The molecule has 142 valence electrons. The number of hydrogen-bond donors (Lipinski definition) is 0. The van der Waals surface area contributed by atoms with Gasteiger partial charge in [-0.3, -0.25) is 0 Å². The first kappa shape index (κ1) is 19.1. The molecule has 0 aromatic heterocycles. The molecule has 2 aromatic carbocycles. The SMILES string of the molecule is CS(=O)(=O)c1ccc(C2=C(c3ccc(C(F)(F)F)cc3)C(=O)OC2)c(F)c1. The maximum Gasteiger partial charge on any atom is 0.416 e. The van der Waals surface area contributed by atoms with Gasteiger partial charge in [-0.05, 0) is 29.8 Å². The molecule has 1 heterocycles. The van der Waals surface area contributed by atoms with Gasteiger partial charge in [-0.2, -0.15) is 13.2 Å². The molecular formula is C18H12F4O4S. The summed E-state index contributed by atoms with van der Waals surface area (Å²) in [6, 6.07) is 7.05. The van der Waals surface area contributed by atoms with Gasteiger partial charge in [-0.25, -0.2) is 17.6 Å². The van der Waals surface area contributed by atoms with Crippen LogP contribution in [0, 0.1) is 5.82 Å². The molecule has 0 saturated carbocycles. The third-order valence-electron chi connectivity index (χ3n) is 4.05. The third kappa shape index (κ3) is 3.73. The van der Waals surface area contributed by atoms with E-state index in [4.69, 9.17) is 4.74 Å². The van der Waals surface area contributed by atoms with Crippen molar-refractivity contribution in [1.82, 2.24) is 0 Å². The van der Waals surface area contributed by atoms with Crippen LogP contribution < -0.4 is 0 Å². The van der Waals surface area contributed by atoms with Crippen molar-refractivity contribution in [2.75, 3.05) is 12.9 Å². The topological polar surface area (TPSA) is 60.4 Å². The summed E-state index contributed by atoms with van der Waals surface area (Å²) in [5.74, 6) is -1.67. The van der Waals surface area contributed by atoms with Crippen molar-refractivity contribution in [2.24, 2.45) is 0 Å². The van der Waals surface area contributed by atoms with Crippen molar-refractivity contribution in [2.45, 2.75) is 11.1 Å². The molecule has 0 aliphatic carbocycles. The van der Waals surface area contributed by atoms with Crippen LogP contribution >= 0.6 is 0 Å². The van der Waals surface area contributed by atoms with Crippen molar-refractivity contribution in [3.05, 3.63) is 65.0 Å². The fourth-order valence-electron chi connectivity index (χ4n) is 2.71. The quantitative estimate of drug-likeness (QED) is 0.582. The lowest BCUT2D eigenvalue weighted by Crippen LogP contribution is -2.05. The van der Waals surface area contributed by atoms with Crippen molar-refractivity contribution < 1.29 is 35.5 Å². The van der Waals surface area contributed by atoms with Gasteiger partial charge in [0.25, 0.3) is 0 Å². The van der Waals surface area contributed by atoms with Gasteiger partial charge in [0.1, 0.15) is 12.4 Å². The Kier molecular flexibility index (Phi) is 4.59. The number of ether oxygens (including phenoxy) is 1. The van der Waals surface area contributed by atoms with Crippen molar-refractivity contribution in [1.29, 1.82) is 0 Å². The number of benzene rings is 2. The zero-order valence-electron chi connectivity index (χ0n) is 13.8. The second-order valence-corrected chi connectivity index (χ2v) is 7.93. The van der Waals surface area contributed by atoms with Crippen LogP contribution in [-0.2, 0) is 25.5 Å². The number of halogens is 4.